The van der Waals surface area contributed by atoms with E-state index >= 15 is 0 Å². The molecule has 0 aromatic carbocycles. The third-order valence-corrected chi connectivity index (χ3v) is 2.62. The third kappa shape index (κ3) is 5.91. The summed E-state index contributed by atoms with van der Waals surface area (Å²) in [5, 5.41) is 2.94. The Bertz CT molecular complexity index is 259. The molecule has 1 fully saturated rings. The molecule has 1 N–H and O–H groups in total. The summed E-state index contributed by atoms with van der Waals surface area (Å²) in [4.78, 5) is 14.0. The number of nitrogens with zero attached hydrogens (tertiary/aromatic N) is 1. The number of alkyl carbamates (subject to hydrolysis) is 1. The average molecular weight is 242 g/mol. The lowest BCUT2D eigenvalue weighted by molar-refractivity contribution is 0.0505. The zero-order valence-electron chi connectivity index (χ0n) is 11.7. The summed E-state index contributed by atoms with van der Waals surface area (Å²) in [6.07, 6.45) is 0.722. The van der Waals surface area contributed by atoms with E-state index < -0.39 is 5.60 Å². The molecule has 0 radical (unpaired) electrons. The van der Waals surface area contributed by atoms with Gasteiger partial charge >= 0.3 is 6.09 Å². The molecule has 1 amide bonds. The lowest BCUT2D eigenvalue weighted by Crippen LogP contribution is -2.40. The fourth-order valence-corrected chi connectivity index (χ4v) is 2.11. The van der Waals surface area contributed by atoms with E-state index in [1.165, 1.54) is 0 Å². The average Bonchev–Trinajstić information content (AvgIpc) is 2.46. The molecule has 0 aromatic heterocycles. The predicted octanol–water partition coefficient (Wildman–Crippen LogP) is 2.24. The van der Waals surface area contributed by atoms with Gasteiger partial charge in [-0.2, -0.15) is 0 Å². The number of ether oxygens (including phenoxy) is 1. The molecule has 0 unspecified atom stereocenters. The third-order valence-electron chi connectivity index (χ3n) is 2.62. The topological polar surface area (TPSA) is 41.6 Å². The second kappa shape index (κ2) is 5.71. The van der Waals surface area contributed by atoms with E-state index in [-0.39, 0.29) is 12.1 Å². The molecule has 100 valence electrons. The van der Waals surface area contributed by atoms with Crippen LogP contribution >= 0.6 is 0 Å². The van der Waals surface area contributed by atoms with Crippen LogP contribution in [0.25, 0.3) is 0 Å². The Morgan fingerprint density at radius 1 is 1.47 bits per heavy atom. The number of amides is 1. The van der Waals surface area contributed by atoms with E-state index in [0.717, 1.165) is 26.1 Å². The van der Waals surface area contributed by atoms with Crippen LogP contribution < -0.4 is 5.32 Å². The smallest absolute Gasteiger partial charge is 0.407 e. The first-order valence-electron chi connectivity index (χ1n) is 6.48. The molecule has 1 saturated heterocycles. The highest BCUT2D eigenvalue weighted by Gasteiger charge is 2.26. The summed E-state index contributed by atoms with van der Waals surface area (Å²) < 4.78 is 5.25. The maximum Gasteiger partial charge on any atom is 0.407 e. The van der Waals surface area contributed by atoms with Crippen LogP contribution in [-0.4, -0.2) is 42.3 Å². The van der Waals surface area contributed by atoms with Gasteiger partial charge < -0.3 is 15.0 Å². The fraction of sp³-hybridized carbons (Fsp3) is 0.923. The maximum absolute atomic E-state index is 11.6. The van der Waals surface area contributed by atoms with Gasteiger partial charge in [0.25, 0.3) is 0 Å². The number of carbonyl (C=O) groups is 1. The molecule has 0 aliphatic carbocycles. The Kier molecular flexibility index (Phi) is 4.80. The van der Waals surface area contributed by atoms with Crippen LogP contribution in [0, 0.1) is 5.92 Å². The van der Waals surface area contributed by atoms with Gasteiger partial charge in [0.05, 0.1) is 0 Å². The number of hydrogen-bond donors (Lipinski definition) is 1. The standard InChI is InChI=1S/C13H26N2O2/c1-10(2)8-15-7-6-11(9-15)14-12(16)17-13(3,4)5/h10-11H,6-9H2,1-5H3,(H,14,16)/t11-/m0/s1. The molecule has 4 nitrogen and oxygen atoms in total. The fourth-order valence-electron chi connectivity index (χ4n) is 2.11. The van der Waals surface area contributed by atoms with Crippen LogP contribution in [0.1, 0.15) is 41.0 Å². The molecular formula is C13H26N2O2. The summed E-state index contributed by atoms with van der Waals surface area (Å²) in [6.45, 7) is 13.2. The highest BCUT2D eigenvalue weighted by atomic mass is 16.6. The Morgan fingerprint density at radius 2 is 2.12 bits per heavy atom. The minimum atomic E-state index is -0.416. The quantitative estimate of drug-likeness (QED) is 0.825. The molecule has 0 saturated carbocycles. The molecule has 0 bridgehead atoms. The van der Waals surface area contributed by atoms with Gasteiger partial charge in [-0.25, -0.2) is 4.79 Å². The Morgan fingerprint density at radius 3 is 2.65 bits per heavy atom. The summed E-state index contributed by atoms with van der Waals surface area (Å²) in [7, 11) is 0. The summed E-state index contributed by atoms with van der Waals surface area (Å²) in [5.74, 6) is 0.676. The van der Waals surface area contributed by atoms with Gasteiger partial charge in [-0.3, -0.25) is 0 Å². The lowest BCUT2D eigenvalue weighted by Gasteiger charge is -2.22. The number of likely N-dealkylation sites (tertiary alicyclic amines) is 1. The van der Waals surface area contributed by atoms with Gasteiger partial charge in [-0.05, 0) is 33.1 Å². The van der Waals surface area contributed by atoms with Crippen LogP contribution in [-0.2, 0) is 4.74 Å². The Balaban J connectivity index is 2.28. The molecule has 4 heteroatoms. The van der Waals surface area contributed by atoms with Gasteiger partial charge in [0.15, 0.2) is 0 Å². The van der Waals surface area contributed by atoms with E-state index in [1.54, 1.807) is 0 Å². The number of hydrogen-bond acceptors (Lipinski definition) is 3. The molecule has 1 rings (SSSR count). The van der Waals surface area contributed by atoms with E-state index in [4.69, 9.17) is 4.74 Å². The molecule has 1 aliphatic rings. The van der Waals surface area contributed by atoms with Gasteiger partial charge in [0.2, 0.25) is 0 Å². The monoisotopic (exact) mass is 242 g/mol. The summed E-state index contributed by atoms with van der Waals surface area (Å²) in [6, 6.07) is 0.239. The van der Waals surface area contributed by atoms with E-state index in [2.05, 4.69) is 24.1 Å². The Labute approximate surface area is 105 Å². The maximum atomic E-state index is 11.6. The minimum absolute atomic E-state index is 0.239. The van der Waals surface area contributed by atoms with Crippen LogP contribution in [0.4, 0.5) is 4.79 Å². The number of nitrogens with one attached hydrogen (secondary N) is 1. The molecule has 17 heavy (non-hydrogen) atoms. The van der Waals surface area contributed by atoms with Crippen molar-refractivity contribution in [3.63, 3.8) is 0 Å². The van der Waals surface area contributed by atoms with E-state index in [1.807, 2.05) is 20.8 Å². The zero-order chi connectivity index (χ0) is 13.1. The molecule has 1 aliphatic heterocycles. The summed E-state index contributed by atoms with van der Waals surface area (Å²) >= 11 is 0. The summed E-state index contributed by atoms with van der Waals surface area (Å²) in [5.41, 5.74) is -0.416. The van der Waals surface area contributed by atoms with Crippen molar-refractivity contribution in [3.8, 4) is 0 Å². The second-order valence-corrected chi connectivity index (χ2v) is 6.29. The van der Waals surface area contributed by atoms with Crippen LogP contribution in [0.5, 0.6) is 0 Å². The number of carbonyl (C=O) groups excluding carboxylic acids is 1. The molecular weight excluding hydrogens is 216 g/mol. The van der Waals surface area contributed by atoms with Crippen molar-refractivity contribution in [2.75, 3.05) is 19.6 Å². The number of rotatable bonds is 3. The highest BCUT2D eigenvalue weighted by Crippen LogP contribution is 2.12. The first-order chi connectivity index (χ1) is 7.76. The first-order valence-corrected chi connectivity index (χ1v) is 6.48. The molecule has 1 atom stereocenters. The largest absolute Gasteiger partial charge is 0.444 e. The normalized spacial score (nSPS) is 21.9. The van der Waals surface area contributed by atoms with Crippen molar-refractivity contribution in [2.24, 2.45) is 5.92 Å². The molecule has 0 spiro atoms. The van der Waals surface area contributed by atoms with Crippen LogP contribution in [0.2, 0.25) is 0 Å². The van der Waals surface area contributed by atoms with Gasteiger partial charge in [-0.15, -0.1) is 0 Å². The van der Waals surface area contributed by atoms with E-state index in [9.17, 15) is 4.79 Å². The van der Waals surface area contributed by atoms with Crippen molar-refractivity contribution >= 4 is 6.09 Å². The van der Waals surface area contributed by atoms with E-state index in [0.29, 0.717) is 5.92 Å². The van der Waals surface area contributed by atoms with Crippen molar-refractivity contribution < 1.29 is 9.53 Å². The van der Waals surface area contributed by atoms with Gasteiger partial charge in [0, 0.05) is 25.7 Å². The van der Waals surface area contributed by atoms with Crippen molar-refractivity contribution in [2.45, 2.75) is 52.7 Å². The SMILES string of the molecule is CC(C)CN1CC[C@H](NC(=O)OC(C)(C)C)C1. The van der Waals surface area contributed by atoms with Crippen LogP contribution in [0.15, 0.2) is 0 Å². The van der Waals surface area contributed by atoms with Crippen LogP contribution in [0.3, 0.4) is 0 Å². The molecule has 1 heterocycles. The highest BCUT2D eigenvalue weighted by molar-refractivity contribution is 5.68. The zero-order valence-corrected chi connectivity index (χ0v) is 11.7. The van der Waals surface area contributed by atoms with Gasteiger partial charge in [-0.1, -0.05) is 13.8 Å². The lowest BCUT2D eigenvalue weighted by atomic mass is 10.2. The van der Waals surface area contributed by atoms with Crippen molar-refractivity contribution in [1.29, 1.82) is 0 Å². The predicted molar refractivity (Wildman–Crippen MR) is 69.1 cm³/mol. The van der Waals surface area contributed by atoms with Crippen molar-refractivity contribution in [1.82, 2.24) is 10.2 Å². The molecule has 0 aromatic rings. The van der Waals surface area contributed by atoms with Gasteiger partial charge in [0.1, 0.15) is 5.60 Å². The first kappa shape index (κ1) is 14.3. The Hall–Kier alpha value is -0.770. The minimum Gasteiger partial charge on any atom is -0.444 e. The van der Waals surface area contributed by atoms with Crippen molar-refractivity contribution in [3.05, 3.63) is 0 Å². The second-order valence-electron chi connectivity index (χ2n) is 6.29.